The number of nitrogens with zero attached hydrogens (tertiary/aromatic N) is 1. The molecule has 0 aliphatic carbocycles. The van der Waals surface area contributed by atoms with E-state index >= 15 is 0 Å². The Labute approximate surface area is 178 Å². The number of carbonyl (C=O) groups excluding carboxylic acids is 3. The van der Waals surface area contributed by atoms with Crippen LogP contribution in [-0.4, -0.2) is 29.0 Å². The Balaban J connectivity index is 1.64. The Morgan fingerprint density at radius 3 is 2.42 bits per heavy atom. The third-order valence-electron chi connectivity index (χ3n) is 4.15. The lowest BCUT2D eigenvalue weighted by Crippen LogP contribution is -2.33. The normalized spacial score (nSPS) is 10.5. The lowest BCUT2D eigenvalue weighted by atomic mass is 10.1. The first-order chi connectivity index (χ1) is 14.9. The Kier molecular flexibility index (Phi) is 6.74. The van der Waals surface area contributed by atoms with E-state index in [0.29, 0.717) is 11.3 Å². The third-order valence-corrected chi connectivity index (χ3v) is 4.15. The summed E-state index contributed by atoms with van der Waals surface area (Å²) in [7, 11) is 0. The van der Waals surface area contributed by atoms with Gasteiger partial charge in [0, 0.05) is 5.69 Å². The number of rotatable bonds is 5. The van der Waals surface area contributed by atoms with E-state index in [0.717, 1.165) is 5.56 Å². The molecule has 156 valence electrons. The average Bonchev–Trinajstić information content (AvgIpc) is 2.74. The summed E-state index contributed by atoms with van der Waals surface area (Å²) >= 11 is 0. The highest BCUT2D eigenvalue weighted by Crippen LogP contribution is 2.18. The summed E-state index contributed by atoms with van der Waals surface area (Å²) in [6, 6.07) is 19.9. The fourth-order valence-corrected chi connectivity index (χ4v) is 2.71. The van der Waals surface area contributed by atoms with Crippen molar-refractivity contribution >= 4 is 35.3 Å². The van der Waals surface area contributed by atoms with Crippen LogP contribution in [-0.2, 0) is 9.59 Å². The van der Waals surface area contributed by atoms with Gasteiger partial charge in [0.15, 0.2) is 0 Å². The van der Waals surface area contributed by atoms with Gasteiger partial charge in [0.25, 0.3) is 5.91 Å². The highest BCUT2D eigenvalue weighted by molar-refractivity contribution is 6.40. The van der Waals surface area contributed by atoms with Crippen molar-refractivity contribution in [2.24, 2.45) is 5.10 Å². The monoisotopic (exact) mass is 416 g/mol. The van der Waals surface area contributed by atoms with Gasteiger partial charge in [-0.25, -0.2) is 5.43 Å². The molecule has 3 rings (SSSR count). The maximum absolute atomic E-state index is 12.6. The maximum atomic E-state index is 12.6. The van der Waals surface area contributed by atoms with E-state index in [4.69, 9.17) is 0 Å². The standard InChI is InChI=1S/C23H20N4O4/c1-15-6-4-8-17(12-15)25-21(29)19-10-2-3-11-20(19)26-22(30)23(31)27-24-14-16-7-5-9-18(28)13-16/h2-14,28H,1H3,(H,25,29)(H,26,30)(H,27,31)/b24-14-. The molecular weight excluding hydrogens is 396 g/mol. The summed E-state index contributed by atoms with van der Waals surface area (Å²) in [5, 5.41) is 18.3. The number of carbonyl (C=O) groups is 3. The third kappa shape index (κ3) is 6.01. The molecule has 0 heterocycles. The van der Waals surface area contributed by atoms with Crippen LogP contribution >= 0.6 is 0 Å². The molecule has 3 aromatic rings. The minimum Gasteiger partial charge on any atom is -0.508 e. The molecule has 8 nitrogen and oxygen atoms in total. The molecule has 0 saturated heterocycles. The van der Waals surface area contributed by atoms with E-state index < -0.39 is 17.7 Å². The van der Waals surface area contributed by atoms with Gasteiger partial charge in [-0.3, -0.25) is 14.4 Å². The van der Waals surface area contributed by atoms with Crippen LogP contribution in [0.1, 0.15) is 21.5 Å². The number of nitrogens with one attached hydrogen (secondary N) is 3. The summed E-state index contributed by atoms with van der Waals surface area (Å²) < 4.78 is 0. The highest BCUT2D eigenvalue weighted by Gasteiger charge is 2.17. The molecule has 3 amide bonds. The van der Waals surface area contributed by atoms with Gasteiger partial charge in [-0.05, 0) is 54.4 Å². The number of para-hydroxylation sites is 1. The molecule has 0 atom stereocenters. The van der Waals surface area contributed by atoms with E-state index in [2.05, 4.69) is 21.2 Å². The number of benzene rings is 3. The quantitative estimate of drug-likeness (QED) is 0.290. The zero-order valence-electron chi connectivity index (χ0n) is 16.6. The Morgan fingerprint density at radius 2 is 1.65 bits per heavy atom. The average molecular weight is 416 g/mol. The summed E-state index contributed by atoms with van der Waals surface area (Å²) in [6.07, 6.45) is 1.29. The molecule has 0 aliphatic rings. The second-order valence-electron chi connectivity index (χ2n) is 6.62. The number of phenols is 1. The smallest absolute Gasteiger partial charge is 0.329 e. The first-order valence-electron chi connectivity index (χ1n) is 9.33. The molecule has 8 heteroatoms. The van der Waals surface area contributed by atoms with Crippen LogP contribution in [0.2, 0.25) is 0 Å². The van der Waals surface area contributed by atoms with Crippen LogP contribution in [0.5, 0.6) is 5.75 Å². The molecule has 0 fully saturated rings. The zero-order chi connectivity index (χ0) is 22.2. The largest absolute Gasteiger partial charge is 0.508 e. The van der Waals surface area contributed by atoms with Crippen LogP contribution < -0.4 is 16.1 Å². The molecule has 4 N–H and O–H groups in total. The number of aryl methyl sites for hydroxylation is 1. The fourth-order valence-electron chi connectivity index (χ4n) is 2.71. The Morgan fingerprint density at radius 1 is 0.871 bits per heavy atom. The minimum atomic E-state index is -1.01. The molecular formula is C23H20N4O4. The molecule has 3 aromatic carbocycles. The summed E-state index contributed by atoms with van der Waals surface area (Å²) in [5.74, 6) is -2.37. The lowest BCUT2D eigenvalue weighted by molar-refractivity contribution is -0.136. The predicted molar refractivity (Wildman–Crippen MR) is 118 cm³/mol. The van der Waals surface area contributed by atoms with Gasteiger partial charge in [0.05, 0.1) is 17.5 Å². The number of anilines is 2. The number of hydrazone groups is 1. The number of phenolic OH excluding ortho intramolecular Hbond substituents is 1. The summed E-state index contributed by atoms with van der Waals surface area (Å²) in [5.41, 5.74) is 4.63. The van der Waals surface area contributed by atoms with E-state index in [1.165, 1.54) is 24.4 Å². The molecule has 0 saturated carbocycles. The van der Waals surface area contributed by atoms with Gasteiger partial charge in [0.1, 0.15) is 5.75 Å². The van der Waals surface area contributed by atoms with Gasteiger partial charge in [-0.1, -0.05) is 36.4 Å². The molecule has 0 aliphatic heterocycles. The van der Waals surface area contributed by atoms with E-state index in [-0.39, 0.29) is 17.0 Å². The topological polar surface area (TPSA) is 120 Å². The van der Waals surface area contributed by atoms with Crippen molar-refractivity contribution in [2.45, 2.75) is 6.92 Å². The van der Waals surface area contributed by atoms with Gasteiger partial charge in [-0.2, -0.15) is 5.10 Å². The van der Waals surface area contributed by atoms with Crippen LogP contribution in [0.25, 0.3) is 0 Å². The van der Waals surface area contributed by atoms with E-state index in [1.54, 1.807) is 36.4 Å². The number of amides is 3. The van der Waals surface area contributed by atoms with Gasteiger partial charge in [-0.15, -0.1) is 0 Å². The van der Waals surface area contributed by atoms with Gasteiger partial charge >= 0.3 is 11.8 Å². The SMILES string of the molecule is Cc1cccc(NC(=O)c2ccccc2NC(=O)C(=O)N/N=C\c2cccc(O)c2)c1. The Hall–Kier alpha value is -4.46. The first kappa shape index (κ1) is 21.3. The lowest BCUT2D eigenvalue weighted by Gasteiger charge is -2.11. The van der Waals surface area contributed by atoms with Crippen molar-refractivity contribution in [3.8, 4) is 5.75 Å². The van der Waals surface area contributed by atoms with Crippen LogP contribution in [0.4, 0.5) is 11.4 Å². The molecule has 0 unspecified atom stereocenters. The van der Waals surface area contributed by atoms with Gasteiger partial charge in [0.2, 0.25) is 0 Å². The van der Waals surface area contributed by atoms with Crippen LogP contribution in [0, 0.1) is 6.92 Å². The second kappa shape index (κ2) is 9.84. The van der Waals surface area contributed by atoms with E-state index in [1.807, 2.05) is 25.1 Å². The molecule has 0 aromatic heterocycles. The van der Waals surface area contributed by atoms with Gasteiger partial charge < -0.3 is 15.7 Å². The number of hydrogen-bond donors (Lipinski definition) is 4. The Bertz CT molecular complexity index is 1160. The molecule has 0 bridgehead atoms. The minimum absolute atomic E-state index is 0.0496. The van der Waals surface area contributed by atoms with Crippen molar-refractivity contribution in [3.63, 3.8) is 0 Å². The number of aromatic hydroxyl groups is 1. The van der Waals surface area contributed by atoms with Crippen molar-refractivity contribution in [1.82, 2.24) is 5.43 Å². The maximum Gasteiger partial charge on any atom is 0.329 e. The second-order valence-corrected chi connectivity index (χ2v) is 6.62. The molecule has 31 heavy (non-hydrogen) atoms. The zero-order valence-corrected chi connectivity index (χ0v) is 16.6. The van der Waals surface area contributed by atoms with Crippen LogP contribution in [0.3, 0.4) is 0 Å². The van der Waals surface area contributed by atoms with Crippen LogP contribution in [0.15, 0.2) is 77.9 Å². The number of hydrogen-bond acceptors (Lipinski definition) is 5. The van der Waals surface area contributed by atoms with Crippen molar-refractivity contribution < 1.29 is 19.5 Å². The summed E-state index contributed by atoms with van der Waals surface area (Å²) in [4.78, 5) is 36.9. The highest BCUT2D eigenvalue weighted by atomic mass is 16.3. The van der Waals surface area contributed by atoms with E-state index in [9.17, 15) is 19.5 Å². The first-order valence-corrected chi connectivity index (χ1v) is 9.33. The summed E-state index contributed by atoms with van der Waals surface area (Å²) in [6.45, 7) is 1.91. The van der Waals surface area contributed by atoms with Crippen molar-refractivity contribution in [2.75, 3.05) is 10.6 Å². The predicted octanol–water partition coefficient (Wildman–Crippen LogP) is 3.04. The molecule has 0 spiro atoms. The molecule has 0 radical (unpaired) electrons. The van der Waals surface area contributed by atoms with Crippen molar-refractivity contribution in [3.05, 3.63) is 89.5 Å². The fraction of sp³-hybridized carbons (Fsp3) is 0.0435. The van der Waals surface area contributed by atoms with Crippen molar-refractivity contribution in [1.29, 1.82) is 0 Å².